The van der Waals surface area contributed by atoms with E-state index in [-0.39, 0.29) is 10.0 Å². The smallest absolute Gasteiger partial charge is 0.417 e. The van der Waals surface area contributed by atoms with E-state index in [1.807, 2.05) is 0 Å². The van der Waals surface area contributed by atoms with Crippen LogP contribution in [0, 0.1) is 0 Å². The molecule has 110 valence electrons. The number of halogens is 4. The number of aromatic carboxylic acids is 1. The van der Waals surface area contributed by atoms with Gasteiger partial charge in [-0.1, -0.05) is 27.7 Å². The van der Waals surface area contributed by atoms with Gasteiger partial charge in [-0.25, -0.2) is 4.79 Å². The standard InChI is InChI=1S/C14H8BrF3O2S/c15-12-6-5-10(7-11(12)14(16,17)18)21-9-3-1-8(2-4-9)13(19)20/h1-7H,(H,19,20). The lowest BCUT2D eigenvalue weighted by Crippen LogP contribution is -2.05. The molecule has 0 aliphatic carbocycles. The van der Waals surface area contributed by atoms with Crippen LogP contribution >= 0.6 is 27.7 Å². The van der Waals surface area contributed by atoms with Gasteiger partial charge in [0.1, 0.15) is 0 Å². The average molecular weight is 377 g/mol. The zero-order chi connectivity index (χ0) is 15.6. The third kappa shape index (κ3) is 4.01. The molecule has 0 atom stereocenters. The van der Waals surface area contributed by atoms with E-state index in [0.717, 1.165) is 17.8 Å². The second-order valence-electron chi connectivity index (χ2n) is 4.07. The fraction of sp³-hybridized carbons (Fsp3) is 0.0714. The van der Waals surface area contributed by atoms with Crippen molar-refractivity contribution in [2.75, 3.05) is 0 Å². The highest BCUT2D eigenvalue weighted by Crippen LogP contribution is 2.38. The summed E-state index contributed by atoms with van der Waals surface area (Å²) in [7, 11) is 0. The minimum atomic E-state index is -4.43. The quantitative estimate of drug-likeness (QED) is 0.787. The molecule has 2 aromatic rings. The van der Waals surface area contributed by atoms with Crippen molar-refractivity contribution >= 4 is 33.7 Å². The van der Waals surface area contributed by atoms with Crippen molar-refractivity contribution in [2.24, 2.45) is 0 Å². The number of carbonyl (C=O) groups is 1. The van der Waals surface area contributed by atoms with Crippen molar-refractivity contribution in [2.45, 2.75) is 16.0 Å². The van der Waals surface area contributed by atoms with Crippen molar-refractivity contribution in [1.82, 2.24) is 0 Å². The fourth-order valence-corrected chi connectivity index (χ4v) is 2.92. The summed E-state index contributed by atoms with van der Waals surface area (Å²) in [6.45, 7) is 0. The zero-order valence-electron chi connectivity index (χ0n) is 10.3. The number of hydrogen-bond acceptors (Lipinski definition) is 2. The van der Waals surface area contributed by atoms with Gasteiger partial charge in [0.2, 0.25) is 0 Å². The van der Waals surface area contributed by atoms with Crippen LogP contribution in [0.15, 0.2) is 56.7 Å². The van der Waals surface area contributed by atoms with Gasteiger partial charge in [0.15, 0.2) is 0 Å². The Labute approximate surface area is 131 Å². The summed E-state index contributed by atoms with van der Waals surface area (Å²) in [5.74, 6) is -1.05. The summed E-state index contributed by atoms with van der Waals surface area (Å²) >= 11 is 4.02. The molecule has 0 heterocycles. The molecular weight excluding hydrogens is 369 g/mol. The van der Waals surface area contributed by atoms with Crippen LogP contribution in [-0.4, -0.2) is 11.1 Å². The maximum atomic E-state index is 12.8. The fourth-order valence-electron chi connectivity index (χ4n) is 1.59. The van der Waals surface area contributed by atoms with E-state index in [0.29, 0.717) is 9.79 Å². The molecule has 2 nitrogen and oxygen atoms in total. The maximum Gasteiger partial charge on any atom is 0.417 e. The maximum absolute atomic E-state index is 12.8. The van der Waals surface area contributed by atoms with E-state index < -0.39 is 17.7 Å². The van der Waals surface area contributed by atoms with Gasteiger partial charge in [0, 0.05) is 14.3 Å². The predicted molar refractivity (Wildman–Crippen MR) is 76.7 cm³/mol. The molecule has 0 aromatic heterocycles. The van der Waals surface area contributed by atoms with E-state index in [2.05, 4.69) is 15.9 Å². The van der Waals surface area contributed by atoms with Crippen LogP contribution in [0.2, 0.25) is 0 Å². The van der Waals surface area contributed by atoms with Crippen molar-refractivity contribution in [1.29, 1.82) is 0 Å². The van der Waals surface area contributed by atoms with E-state index >= 15 is 0 Å². The molecule has 2 rings (SSSR count). The van der Waals surface area contributed by atoms with Crippen molar-refractivity contribution in [3.63, 3.8) is 0 Å². The Morgan fingerprint density at radius 1 is 1.05 bits per heavy atom. The lowest BCUT2D eigenvalue weighted by Gasteiger charge is -2.11. The van der Waals surface area contributed by atoms with Crippen LogP contribution in [-0.2, 0) is 6.18 Å². The number of benzene rings is 2. The number of carboxylic acids is 1. The summed E-state index contributed by atoms with van der Waals surface area (Å²) in [6, 6.07) is 9.90. The number of carboxylic acid groups (broad SMARTS) is 1. The van der Waals surface area contributed by atoms with Gasteiger partial charge in [-0.15, -0.1) is 0 Å². The molecule has 0 unspecified atom stereocenters. The molecule has 0 saturated heterocycles. The topological polar surface area (TPSA) is 37.3 Å². The molecule has 21 heavy (non-hydrogen) atoms. The molecule has 1 N–H and O–H groups in total. The van der Waals surface area contributed by atoms with E-state index in [1.54, 1.807) is 18.2 Å². The molecule has 7 heteroatoms. The molecule has 0 bridgehead atoms. The molecular formula is C14H8BrF3O2S. The summed E-state index contributed by atoms with van der Waals surface area (Å²) in [5.41, 5.74) is -0.610. The Morgan fingerprint density at radius 3 is 2.14 bits per heavy atom. The molecule has 2 aromatic carbocycles. The van der Waals surface area contributed by atoms with E-state index in [1.165, 1.54) is 18.2 Å². The van der Waals surface area contributed by atoms with Crippen LogP contribution in [0.4, 0.5) is 13.2 Å². The first-order valence-corrected chi connectivity index (χ1v) is 7.26. The van der Waals surface area contributed by atoms with Crippen LogP contribution < -0.4 is 0 Å². The van der Waals surface area contributed by atoms with Gasteiger partial charge in [0.05, 0.1) is 11.1 Å². The predicted octanol–water partition coefficient (Wildman–Crippen LogP) is 5.32. The molecule has 0 aliphatic heterocycles. The Bertz CT molecular complexity index is 669. The summed E-state index contributed by atoms with van der Waals surface area (Å²) in [6.07, 6.45) is -4.43. The average Bonchev–Trinajstić information content (AvgIpc) is 2.40. The van der Waals surface area contributed by atoms with Crippen molar-refractivity contribution < 1.29 is 23.1 Å². The van der Waals surface area contributed by atoms with Gasteiger partial charge in [-0.3, -0.25) is 0 Å². The first-order valence-electron chi connectivity index (χ1n) is 5.65. The molecule has 0 aliphatic rings. The Kier molecular flexibility index (Phi) is 4.63. The molecule has 0 spiro atoms. The third-order valence-corrected chi connectivity index (χ3v) is 4.27. The minimum absolute atomic E-state index is 0.0134. The Hall–Kier alpha value is -1.47. The van der Waals surface area contributed by atoms with Crippen molar-refractivity contribution in [3.05, 3.63) is 58.1 Å². The lowest BCUT2D eigenvalue weighted by atomic mass is 10.2. The Balaban J connectivity index is 2.26. The molecule has 0 radical (unpaired) electrons. The second-order valence-corrected chi connectivity index (χ2v) is 6.07. The molecule has 0 amide bonds. The van der Waals surface area contributed by atoms with Crippen LogP contribution in [0.5, 0.6) is 0 Å². The minimum Gasteiger partial charge on any atom is -0.478 e. The van der Waals surface area contributed by atoms with E-state index in [4.69, 9.17) is 5.11 Å². The highest BCUT2D eigenvalue weighted by Gasteiger charge is 2.33. The van der Waals surface area contributed by atoms with Crippen LogP contribution in [0.1, 0.15) is 15.9 Å². The SMILES string of the molecule is O=C(O)c1ccc(Sc2ccc(Br)c(C(F)(F)F)c2)cc1. The normalized spacial score (nSPS) is 11.4. The summed E-state index contributed by atoms with van der Waals surface area (Å²) < 4.78 is 38.4. The van der Waals surface area contributed by atoms with Crippen LogP contribution in [0.25, 0.3) is 0 Å². The number of alkyl halides is 3. The Morgan fingerprint density at radius 2 is 1.62 bits per heavy atom. The second kappa shape index (κ2) is 6.11. The van der Waals surface area contributed by atoms with Gasteiger partial charge in [-0.05, 0) is 42.5 Å². The lowest BCUT2D eigenvalue weighted by molar-refractivity contribution is -0.138. The third-order valence-electron chi connectivity index (χ3n) is 2.58. The molecule has 0 saturated carbocycles. The highest BCUT2D eigenvalue weighted by molar-refractivity contribution is 9.10. The number of hydrogen-bond donors (Lipinski definition) is 1. The largest absolute Gasteiger partial charge is 0.478 e. The number of rotatable bonds is 3. The first-order chi connectivity index (χ1) is 9.77. The van der Waals surface area contributed by atoms with E-state index in [9.17, 15) is 18.0 Å². The van der Waals surface area contributed by atoms with Gasteiger partial charge in [-0.2, -0.15) is 13.2 Å². The summed E-state index contributed by atoms with van der Waals surface area (Å²) in [5, 5.41) is 8.78. The monoisotopic (exact) mass is 376 g/mol. The van der Waals surface area contributed by atoms with Crippen molar-refractivity contribution in [3.8, 4) is 0 Å². The first kappa shape index (κ1) is 15.9. The highest BCUT2D eigenvalue weighted by atomic mass is 79.9. The van der Waals surface area contributed by atoms with Gasteiger partial charge in [0.25, 0.3) is 0 Å². The molecule has 0 fully saturated rings. The van der Waals surface area contributed by atoms with Crippen LogP contribution in [0.3, 0.4) is 0 Å². The zero-order valence-corrected chi connectivity index (χ0v) is 12.7. The van der Waals surface area contributed by atoms with Gasteiger partial charge >= 0.3 is 12.1 Å². The summed E-state index contributed by atoms with van der Waals surface area (Å²) in [4.78, 5) is 11.8. The van der Waals surface area contributed by atoms with Gasteiger partial charge < -0.3 is 5.11 Å².